The average Bonchev–Trinajstić information content (AvgIpc) is 2.55. The average molecular weight is 289 g/mol. The molecule has 2 amide bonds. The van der Waals surface area contributed by atoms with E-state index in [2.05, 4.69) is 23.2 Å². The second kappa shape index (κ2) is 6.35. The number of nitrogens with one attached hydrogen (secondary N) is 1. The van der Waals surface area contributed by atoms with Crippen molar-refractivity contribution < 1.29 is 9.53 Å². The van der Waals surface area contributed by atoms with Crippen LogP contribution >= 0.6 is 0 Å². The van der Waals surface area contributed by atoms with Gasteiger partial charge in [0.2, 0.25) is 0 Å². The van der Waals surface area contributed by atoms with Crippen molar-refractivity contribution in [2.45, 2.75) is 19.4 Å². The first-order valence-corrected chi connectivity index (χ1v) is 7.74. The predicted octanol–water partition coefficient (Wildman–Crippen LogP) is 1.34. The number of benzene rings is 1. The zero-order valence-electron chi connectivity index (χ0n) is 12.5. The Morgan fingerprint density at radius 2 is 2.05 bits per heavy atom. The Bertz CT molecular complexity index is 498. The van der Waals surface area contributed by atoms with E-state index in [1.165, 1.54) is 5.56 Å². The van der Waals surface area contributed by atoms with Crippen molar-refractivity contribution in [3.05, 3.63) is 29.8 Å². The fourth-order valence-electron chi connectivity index (χ4n) is 2.95. The second-order valence-electron chi connectivity index (χ2n) is 5.69. The summed E-state index contributed by atoms with van der Waals surface area (Å²) in [6.45, 7) is 7.32. The molecule has 0 spiro atoms. The molecule has 0 aliphatic carbocycles. The molecule has 0 radical (unpaired) electrons. The molecule has 1 saturated heterocycles. The highest BCUT2D eigenvalue weighted by atomic mass is 16.5. The molecule has 2 heterocycles. The van der Waals surface area contributed by atoms with Gasteiger partial charge in [0.1, 0.15) is 12.4 Å². The van der Waals surface area contributed by atoms with Gasteiger partial charge in [-0.2, -0.15) is 0 Å². The third-order valence-corrected chi connectivity index (χ3v) is 4.31. The molecule has 0 saturated carbocycles. The number of carbonyl (C=O) groups is 1. The Morgan fingerprint density at radius 1 is 1.29 bits per heavy atom. The van der Waals surface area contributed by atoms with Crippen molar-refractivity contribution in [2.75, 3.05) is 39.3 Å². The van der Waals surface area contributed by atoms with Gasteiger partial charge in [-0.05, 0) is 24.6 Å². The fraction of sp³-hybridized carbons (Fsp3) is 0.562. The number of hydrogen-bond acceptors (Lipinski definition) is 3. The van der Waals surface area contributed by atoms with Crippen LogP contribution in [0.25, 0.3) is 0 Å². The minimum atomic E-state index is 0.0405. The number of nitrogens with zero attached hydrogens (tertiary/aromatic N) is 2. The van der Waals surface area contributed by atoms with Gasteiger partial charge in [0.25, 0.3) is 0 Å². The molecule has 1 unspecified atom stereocenters. The Hall–Kier alpha value is -1.75. The van der Waals surface area contributed by atoms with Crippen molar-refractivity contribution >= 4 is 6.03 Å². The van der Waals surface area contributed by atoms with E-state index in [0.29, 0.717) is 6.61 Å². The molecule has 2 aliphatic heterocycles. The Balaban J connectivity index is 1.52. The van der Waals surface area contributed by atoms with Gasteiger partial charge in [-0.15, -0.1) is 0 Å². The van der Waals surface area contributed by atoms with E-state index in [0.717, 1.165) is 44.9 Å². The SMILES string of the molecule is CCN1CCN(C(=O)NC2COc3ccccc3C2)CC1. The van der Waals surface area contributed by atoms with Gasteiger partial charge in [0, 0.05) is 26.2 Å². The molecular weight excluding hydrogens is 266 g/mol. The maximum atomic E-state index is 12.3. The molecule has 1 aromatic carbocycles. The van der Waals surface area contributed by atoms with Gasteiger partial charge >= 0.3 is 6.03 Å². The fourth-order valence-corrected chi connectivity index (χ4v) is 2.95. The van der Waals surface area contributed by atoms with Crippen LogP contribution in [0.4, 0.5) is 4.79 Å². The maximum absolute atomic E-state index is 12.3. The number of fused-ring (bicyclic) bond motifs is 1. The summed E-state index contributed by atoms with van der Waals surface area (Å²) in [5, 5.41) is 3.11. The number of urea groups is 1. The standard InChI is InChI=1S/C16H23N3O2/c1-2-18-7-9-19(10-8-18)16(20)17-14-11-13-5-3-4-6-15(13)21-12-14/h3-6,14H,2,7-12H2,1H3,(H,17,20). The van der Waals surface area contributed by atoms with Gasteiger partial charge in [-0.3, -0.25) is 0 Å². The van der Waals surface area contributed by atoms with Crippen LogP contribution in [-0.4, -0.2) is 61.2 Å². The zero-order chi connectivity index (χ0) is 14.7. The first kappa shape index (κ1) is 14.2. The van der Waals surface area contributed by atoms with E-state index < -0.39 is 0 Å². The number of ether oxygens (including phenoxy) is 1. The summed E-state index contributed by atoms with van der Waals surface area (Å²) in [6, 6.07) is 8.14. The lowest BCUT2D eigenvalue weighted by molar-refractivity contribution is 0.136. The molecule has 2 aliphatic rings. The first-order valence-electron chi connectivity index (χ1n) is 7.74. The second-order valence-corrected chi connectivity index (χ2v) is 5.69. The molecule has 21 heavy (non-hydrogen) atoms. The lowest BCUT2D eigenvalue weighted by Crippen LogP contribution is -2.54. The first-order chi connectivity index (χ1) is 10.3. The van der Waals surface area contributed by atoms with Gasteiger partial charge in [-0.25, -0.2) is 4.79 Å². The number of likely N-dealkylation sites (N-methyl/N-ethyl adjacent to an activating group) is 1. The van der Waals surface area contributed by atoms with E-state index >= 15 is 0 Å². The molecule has 1 atom stereocenters. The third-order valence-electron chi connectivity index (χ3n) is 4.31. The lowest BCUT2D eigenvalue weighted by Gasteiger charge is -2.35. The van der Waals surface area contributed by atoms with Crippen molar-refractivity contribution in [3.63, 3.8) is 0 Å². The third kappa shape index (κ3) is 3.29. The molecule has 1 aromatic rings. The monoisotopic (exact) mass is 289 g/mol. The van der Waals surface area contributed by atoms with Crippen LogP contribution in [0.15, 0.2) is 24.3 Å². The summed E-state index contributed by atoms with van der Waals surface area (Å²) in [6.07, 6.45) is 0.844. The van der Waals surface area contributed by atoms with Gasteiger partial charge in [0.05, 0.1) is 6.04 Å². The largest absolute Gasteiger partial charge is 0.491 e. The molecule has 0 bridgehead atoms. The number of amides is 2. The Morgan fingerprint density at radius 3 is 2.81 bits per heavy atom. The van der Waals surface area contributed by atoms with Crippen LogP contribution < -0.4 is 10.1 Å². The number of hydrogen-bond donors (Lipinski definition) is 1. The number of para-hydroxylation sites is 1. The molecule has 5 heteroatoms. The quantitative estimate of drug-likeness (QED) is 0.893. The topological polar surface area (TPSA) is 44.8 Å². The van der Waals surface area contributed by atoms with Crippen LogP contribution in [0.5, 0.6) is 5.75 Å². The Labute approximate surface area is 125 Å². The molecule has 1 N–H and O–H groups in total. The highest BCUT2D eigenvalue weighted by Crippen LogP contribution is 2.23. The number of piperazine rings is 1. The zero-order valence-corrected chi connectivity index (χ0v) is 12.5. The van der Waals surface area contributed by atoms with Gasteiger partial charge < -0.3 is 19.9 Å². The van der Waals surface area contributed by atoms with Crippen LogP contribution in [0, 0.1) is 0 Å². The Kier molecular flexibility index (Phi) is 4.29. The molecule has 0 aromatic heterocycles. The van der Waals surface area contributed by atoms with E-state index in [9.17, 15) is 4.79 Å². The van der Waals surface area contributed by atoms with Crippen LogP contribution in [0.2, 0.25) is 0 Å². The molecule has 3 rings (SSSR count). The molecule has 114 valence electrons. The normalized spacial score (nSPS) is 22.3. The van der Waals surface area contributed by atoms with Crippen LogP contribution in [-0.2, 0) is 6.42 Å². The molecule has 5 nitrogen and oxygen atoms in total. The lowest BCUT2D eigenvalue weighted by atomic mass is 10.0. The van der Waals surface area contributed by atoms with Crippen LogP contribution in [0.1, 0.15) is 12.5 Å². The van der Waals surface area contributed by atoms with Crippen molar-refractivity contribution in [3.8, 4) is 5.75 Å². The van der Waals surface area contributed by atoms with E-state index in [1.807, 2.05) is 23.1 Å². The van der Waals surface area contributed by atoms with Crippen molar-refractivity contribution in [2.24, 2.45) is 0 Å². The van der Waals surface area contributed by atoms with Crippen molar-refractivity contribution in [1.29, 1.82) is 0 Å². The minimum absolute atomic E-state index is 0.0405. The predicted molar refractivity (Wildman–Crippen MR) is 81.6 cm³/mol. The number of rotatable bonds is 2. The maximum Gasteiger partial charge on any atom is 0.317 e. The van der Waals surface area contributed by atoms with E-state index in [4.69, 9.17) is 4.74 Å². The summed E-state index contributed by atoms with van der Waals surface area (Å²) in [5.41, 5.74) is 1.17. The van der Waals surface area contributed by atoms with E-state index in [-0.39, 0.29) is 12.1 Å². The van der Waals surface area contributed by atoms with E-state index in [1.54, 1.807) is 0 Å². The summed E-state index contributed by atoms with van der Waals surface area (Å²) < 4.78 is 5.72. The smallest absolute Gasteiger partial charge is 0.317 e. The highest BCUT2D eigenvalue weighted by molar-refractivity contribution is 5.74. The van der Waals surface area contributed by atoms with Gasteiger partial charge in [-0.1, -0.05) is 25.1 Å². The summed E-state index contributed by atoms with van der Waals surface area (Å²) >= 11 is 0. The summed E-state index contributed by atoms with van der Waals surface area (Å²) in [4.78, 5) is 16.6. The van der Waals surface area contributed by atoms with Crippen molar-refractivity contribution in [1.82, 2.24) is 15.1 Å². The number of carbonyl (C=O) groups excluding carboxylic acids is 1. The highest BCUT2D eigenvalue weighted by Gasteiger charge is 2.25. The summed E-state index contributed by atoms with van der Waals surface area (Å²) in [7, 11) is 0. The molecule has 1 fully saturated rings. The van der Waals surface area contributed by atoms with Crippen LogP contribution in [0.3, 0.4) is 0 Å². The molecular formula is C16H23N3O2. The van der Waals surface area contributed by atoms with Gasteiger partial charge in [0.15, 0.2) is 0 Å². The minimum Gasteiger partial charge on any atom is -0.491 e. The summed E-state index contributed by atoms with van der Waals surface area (Å²) in [5.74, 6) is 0.944.